The van der Waals surface area contributed by atoms with Gasteiger partial charge in [-0.25, -0.2) is 0 Å². The lowest BCUT2D eigenvalue weighted by atomic mass is 10.1. The van der Waals surface area contributed by atoms with Crippen LogP contribution in [0, 0.1) is 0 Å². The molecule has 3 atom stereocenters. The molecule has 84 valence electrons. The second-order valence-electron chi connectivity index (χ2n) is 3.96. The van der Waals surface area contributed by atoms with E-state index in [0.29, 0.717) is 12.8 Å². The highest BCUT2D eigenvalue weighted by molar-refractivity contribution is 7.99. The van der Waals surface area contributed by atoms with Crippen LogP contribution in [0.15, 0.2) is 0 Å². The Hall–Kier alpha value is -0.750. The highest BCUT2D eigenvalue weighted by Gasteiger charge is 2.43. The summed E-state index contributed by atoms with van der Waals surface area (Å²) < 4.78 is 0. The van der Waals surface area contributed by atoms with Crippen LogP contribution < -0.4 is 11.5 Å². The number of hydrogen-bond donors (Lipinski definition) is 2. The minimum Gasteiger partial charge on any atom is -0.368 e. The standard InChI is InChI=1S/C9H15N3O2S/c10-5-3-4-15-7-2-1-6(8(11)13)12(7)9(5)14/h5-7H,1-4,10H2,(H2,11,13)/t5-,6?,7-/m0/s1. The molecule has 0 aromatic carbocycles. The first-order chi connectivity index (χ1) is 7.11. The van der Waals surface area contributed by atoms with Gasteiger partial charge in [-0.2, -0.15) is 0 Å². The lowest BCUT2D eigenvalue weighted by molar-refractivity contribution is -0.138. The molecule has 1 unspecified atom stereocenters. The molecule has 0 bridgehead atoms. The summed E-state index contributed by atoms with van der Waals surface area (Å²) >= 11 is 1.70. The average molecular weight is 229 g/mol. The fourth-order valence-electron chi connectivity index (χ4n) is 2.16. The topological polar surface area (TPSA) is 89.4 Å². The first kappa shape index (κ1) is 10.8. The van der Waals surface area contributed by atoms with E-state index in [-0.39, 0.29) is 11.3 Å². The molecule has 0 aliphatic carbocycles. The van der Waals surface area contributed by atoms with Crippen LogP contribution in [0.1, 0.15) is 19.3 Å². The highest BCUT2D eigenvalue weighted by atomic mass is 32.2. The van der Waals surface area contributed by atoms with Crippen LogP contribution in [-0.2, 0) is 9.59 Å². The number of amides is 2. The normalized spacial score (nSPS) is 36.2. The van der Waals surface area contributed by atoms with Crippen molar-refractivity contribution < 1.29 is 9.59 Å². The predicted molar refractivity (Wildman–Crippen MR) is 57.9 cm³/mol. The molecule has 0 saturated carbocycles. The third-order valence-electron chi connectivity index (χ3n) is 2.97. The van der Waals surface area contributed by atoms with E-state index in [1.165, 1.54) is 0 Å². The molecule has 2 heterocycles. The van der Waals surface area contributed by atoms with Gasteiger partial charge < -0.3 is 16.4 Å². The lowest BCUT2D eigenvalue weighted by Crippen LogP contribution is -2.51. The van der Waals surface area contributed by atoms with Crippen molar-refractivity contribution in [1.82, 2.24) is 4.90 Å². The average Bonchev–Trinajstić information content (AvgIpc) is 2.55. The largest absolute Gasteiger partial charge is 0.368 e. The van der Waals surface area contributed by atoms with Gasteiger partial charge in [0.05, 0.1) is 11.4 Å². The van der Waals surface area contributed by atoms with Gasteiger partial charge in [-0.05, 0) is 25.0 Å². The fourth-order valence-corrected chi connectivity index (χ4v) is 3.54. The van der Waals surface area contributed by atoms with Crippen molar-refractivity contribution in [3.8, 4) is 0 Å². The Morgan fingerprint density at radius 1 is 1.40 bits per heavy atom. The Bertz CT molecular complexity index is 297. The van der Waals surface area contributed by atoms with Crippen LogP contribution in [0.5, 0.6) is 0 Å². The number of nitrogens with zero attached hydrogens (tertiary/aromatic N) is 1. The molecular weight excluding hydrogens is 214 g/mol. The van der Waals surface area contributed by atoms with Crippen molar-refractivity contribution in [2.24, 2.45) is 11.5 Å². The summed E-state index contributed by atoms with van der Waals surface area (Å²) in [6.45, 7) is 0. The van der Waals surface area contributed by atoms with E-state index in [1.807, 2.05) is 0 Å². The van der Waals surface area contributed by atoms with Gasteiger partial charge in [-0.3, -0.25) is 9.59 Å². The first-order valence-corrected chi connectivity index (χ1v) is 6.15. The number of carbonyl (C=O) groups excluding carboxylic acids is 2. The third-order valence-corrected chi connectivity index (χ3v) is 4.29. The summed E-state index contributed by atoms with van der Waals surface area (Å²) in [4.78, 5) is 24.7. The Morgan fingerprint density at radius 3 is 2.80 bits per heavy atom. The molecule has 0 aromatic heterocycles. The summed E-state index contributed by atoms with van der Waals surface area (Å²) in [5, 5.41) is 0.101. The molecule has 6 heteroatoms. The summed E-state index contributed by atoms with van der Waals surface area (Å²) in [6.07, 6.45) is 2.20. The van der Waals surface area contributed by atoms with Crippen LogP contribution in [0.4, 0.5) is 0 Å². The number of fused-ring (bicyclic) bond motifs is 1. The molecule has 2 aliphatic heterocycles. The van der Waals surface area contributed by atoms with E-state index < -0.39 is 18.0 Å². The maximum atomic E-state index is 11.9. The van der Waals surface area contributed by atoms with E-state index >= 15 is 0 Å². The molecule has 0 radical (unpaired) electrons. The fraction of sp³-hybridized carbons (Fsp3) is 0.778. The smallest absolute Gasteiger partial charge is 0.241 e. The molecule has 2 rings (SSSR count). The molecule has 2 saturated heterocycles. The molecule has 0 spiro atoms. The van der Waals surface area contributed by atoms with Crippen molar-refractivity contribution in [2.75, 3.05) is 5.75 Å². The minimum absolute atomic E-state index is 0.101. The van der Waals surface area contributed by atoms with Crippen LogP contribution in [0.2, 0.25) is 0 Å². The van der Waals surface area contributed by atoms with Crippen molar-refractivity contribution in [1.29, 1.82) is 0 Å². The zero-order chi connectivity index (χ0) is 11.0. The summed E-state index contributed by atoms with van der Waals surface area (Å²) in [5.74, 6) is 0.339. The van der Waals surface area contributed by atoms with E-state index in [0.717, 1.165) is 12.2 Å². The minimum atomic E-state index is -0.470. The van der Waals surface area contributed by atoms with E-state index in [1.54, 1.807) is 16.7 Å². The predicted octanol–water partition coefficient (Wildman–Crippen LogP) is -0.747. The number of rotatable bonds is 1. The maximum Gasteiger partial charge on any atom is 0.241 e. The number of carbonyl (C=O) groups is 2. The Labute approximate surface area is 92.5 Å². The SMILES string of the molecule is NC(=O)C1CC[C@@H]2SCC[C@H](N)C(=O)N12. The number of hydrogen-bond acceptors (Lipinski definition) is 4. The monoisotopic (exact) mass is 229 g/mol. The van der Waals surface area contributed by atoms with Gasteiger partial charge in [0.1, 0.15) is 6.04 Å². The maximum absolute atomic E-state index is 11.9. The van der Waals surface area contributed by atoms with Gasteiger partial charge in [0.25, 0.3) is 0 Å². The summed E-state index contributed by atoms with van der Waals surface area (Å²) in [7, 11) is 0. The molecule has 2 fully saturated rings. The quantitative estimate of drug-likeness (QED) is 0.619. The number of thioether (sulfide) groups is 1. The van der Waals surface area contributed by atoms with Gasteiger partial charge in [0, 0.05) is 0 Å². The Morgan fingerprint density at radius 2 is 2.13 bits per heavy atom. The van der Waals surface area contributed by atoms with Crippen molar-refractivity contribution in [3.05, 3.63) is 0 Å². The van der Waals surface area contributed by atoms with Gasteiger partial charge in [0.2, 0.25) is 11.8 Å². The molecule has 2 aliphatic rings. The van der Waals surface area contributed by atoms with E-state index in [4.69, 9.17) is 11.5 Å². The molecule has 0 aromatic rings. The molecule has 5 nitrogen and oxygen atoms in total. The zero-order valence-corrected chi connectivity index (χ0v) is 9.20. The van der Waals surface area contributed by atoms with E-state index in [9.17, 15) is 9.59 Å². The number of primary amides is 1. The molecule has 2 amide bonds. The van der Waals surface area contributed by atoms with Gasteiger partial charge in [-0.15, -0.1) is 11.8 Å². The summed E-state index contributed by atoms with van der Waals surface area (Å²) in [6, 6.07) is -0.915. The second-order valence-corrected chi connectivity index (χ2v) is 5.25. The van der Waals surface area contributed by atoms with Crippen molar-refractivity contribution in [3.63, 3.8) is 0 Å². The highest BCUT2D eigenvalue weighted by Crippen LogP contribution is 2.34. The van der Waals surface area contributed by atoms with Crippen LogP contribution in [0.3, 0.4) is 0 Å². The van der Waals surface area contributed by atoms with Gasteiger partial charge >= 0.3 is 0 Å². The third kappa shape index (κ3) is 1.83. The van der Waals surface area contributed by atoms with Gasteiger partial charge in [-0.1, -0.05) is 0 Å². The van der Waals surface area contributed by atoms with Crippen molar-refractivity contribution >= 4 is 23.6 Å². The van der Waals surface area contributed by atoms with E-state index in [2.05, 4.69) is 0 Å². The molecule has 15 heavy (non-hydrogen) atoms. The Balaban J connectivity index is 2.23. The van der Waals surface area contributed by atoms with Crippen LogP contribution in [-0.4, -0.2) is 39.9 Å². The summed E-state index contributed by atoms with van der Waals surface area (Å²) in [5.41, 5.74) is 11.0. The van der Waals surface area contributed by atoms with Crippen LogP contribution in [0.25, 0.3) is 0 Å². The first-order valence-electron chi connectivity index (χ1n) is 5.10. The lowest BCUT2D eigenvalue weighted by Gasteiger charge is -2.27. The Kier molecular flexibility index (Phi) is 2.88. The van der Waals surface area contributed by atoms with Crippen molar-refractivity contribution in [2.45, 2.75) is 36.7 Å². The number of nitrogens with two attached hydrogens (primary N) is 2. The second kappa shape index (κ2) is 4.02. The van der Waals surface area contributed by atoms with Gasteiger partial charge in [0.15, 0.2) is 0 Å². The molecule has 4 N–H and O–H groups in total. The zero-order valence-electron chi connectivity index (χ0n) is 8.39. The molecular formula is C9H15N3O2S. The van der Waals surface area contributed by atoms with Crippen LogP contribution >= 0.6 is 11.8 Å².